The predicted molar refractivity (Wildman–Crippen MR) is 72.0 cm³/mol. The zero-order chi connectivity index (χ0) is 13.3. The van der Waals surface area contributed by atoms with Gasteiger partial charge in [-0.05, 0) is 19.9 Å². The summed E-state index contributed by atoms with van der Waals surface area (Å²) in [5, 5.41) is 2.73. The van der Waals surface area contributed by atoms with Crippen LogP contribution in [0.5, 0.6) is 0 Å². The molecular weight excluding hydrogens is 248 g/mol. The van der Waals surface area contributed by atoms with Crippen molar-refractivity contribution in [3.63, 3.8) is 0 Å². The number of carbonyl (C=O) groups is 2. The highest BCUT2D eigenvalue weighted by molar-refractivity contribution is 7.17. The third-order valence-corrected chi connectivity index (χ3v) is 3.63. The molecule has 0 radical (unpaired) electrons. The van der Waals surface area contributed by atoms with Gasteiger partial charge in [0.05, 0.1) is 0 Å². The molecule has 0 saturated carbocycles. The average molecular weight is 262 g/mol. The van der Waals surface area contributed by atoms with Gasteiger partial charge in [0.15, 0.2) is 5.60 Å². The summed E-state index contributed by atoms with van der Waals surface area (Å²) >= 11 is 1.52. The Morgan fingerprint density at radius 3 is 2.56 bits per heavy atom. The van der Waals surface area contributed by atoms with Gasteiger partial charge in [-0.1, -0.05) is 18.2 Å². The largest absolute Gasteiger partial charge is 0.451 e. The van der Waals surface area contributed by atoms with Crippen LogP contribution in [0.4, 0.5) is 0 Å². The van der Waals surface area contributed by atoms with Crippen molar-refractivity contribution in [2.45, 2.75) is 26.4 Å². The molecule has 0 fully saturated rings. The molecule has 0 N–H and O–H groups in total. The lowest BCUT2D eigenvalue weighted by atomic mass is 9.96. The minimum atomic E-state index is -1.13. The van der Waals surface area contributed by atoms with Crippen molar-refractivity contribution in [3.8, 4) is 0 Å². The Hall–Kier alpha value is -1.68. The second kappa shape index (κ2) is 4.53. The van der Waals surface area contributed by atoms with E-state index in [9.17, 15) is 9.59 Å². The lowest BCUT2D eigenvalue weighted by Crippen LogP contribution is -2.36. The van der Waals surface area contributed by atoms with Crippen LogP contribution in [0.2, 0.25) is 0 Å². The van der Waals surface area contributed by atoms with Crippen LogP contribution >= 0.6 is 11.3 Å². The summed E-state index contributed by atoms with van der Waals surface area (Å²) in [6.07, 6.45) is 0. The summed E-state index contributed by atoms with van der Waals surface area (Å²) in [6, 6.07) is 7.70. The SMILES string of the molecule is CC(=O)OC(C)(C)C(=O)c1csc2ccccc12. The van der Waals surface area contributed by atoms with Crippen LogP contribution in [0.25, 0.3) is 10.1 Å². The van der Waals surface area contributed by atoms with Gasteiger partial charge in [0.25, 0.3) is 0 Å². The molecule has 2 rings (SSSR count). The number of fused-ring (bicyclic) bond motifs is 1. The summed E-state index contributed by atoms with van der Waals surface area (Å²) < 4.78 is 6.14. The summed E-state index contributed by atoms with van der Waals surface area (Å²) in [4.78, 5) is 23.4. The maximum atomic E-state index is 12.4. The lowest BCUT2D eigenvalue weighted by Gasteiger charge is -2.22. The molecule has 3 nitrogen and oxygen atoms in total. The Balaban J connectivity index is 2.42. The molecule has 0 saturated heterocycles. The maximum absolute atomic E-state index is 12.4. The highest BCUT2D eigenvalue weighted by atomic mass is 32.1. The van der Waals surface area contributed by atoms with Crippen LogP contribution in [-0.2, 0) is 9.53 Å². The minimum Gasteiger partial charge on any atom is -0.451 e. The van der Waals surface area contributed by atoms with Crippen molar-refractivity contribution in [2.24, 2.45) is 0 Å². The van der Waals surface area contributed by atoms with E-state index >= 15 is 0 Å². The normalized spacial score (nSPS) is 11.5. The van der Waals surface area contributed by atoms with Gasteiger partial charge in [0.2, 0.25) is 5.78 Å². The number of carbonyl (C=O) groups excluding carboxylic acids is 2. The van der Waals surface area contributed by atoms with Gasteiger partial charge in [-0.15, -0.1) is 11.3 Å². The van der Waals surface area contributed by atoms with Crippen LogP contribution < -0.4 is 0 Å². The number of Topliss-reactive ketones (excluding diaryl/α,β-unsaturated/α-hetero) is 1. The molecule has 0 aliphatic carbocycles. The smallest absolute Gasteiger partial charge is 0.303 e. The Bertz CT molecular complexity index is 610. The highest BCUT2D eigenvalue weighted by Gasteiger charge is 2.33. The number of hydrogen-bond donors (Lipinski definition) is 0. The number of esters is 1. The molecule has 1 aromatic heterocycles. The highest BCUT2D eigenvalue weighted by Crippen LogP contribution is 2.29. The van der Waals surface area contributed by atoms with Gasteiger partial charge in [-0.3, -0.25) is 9.59 Å². The second-order valence-electron chi connectivity index (χ2n) is 4.58. The van der Waals surface area contributed by atoms with Crippen LogP contribution in [0.3, 0.4) is 0 Å². The Kier molecular flexibility index (Phi) is 3.22. The molecule has 4 heteroatoms. The van der Waals surface area contributed by atoms with Gasteiger partial charge in [-0.2, -0.15) is 0 Å². The number of ether oxygens (including phenoxy) is 1. The molecule has 0 spiro atoms. The lowest BCUT2D eigenvalue weighted by molar-refractivity contribution is -0.149. The second-order valence-corrected chi connectivity index (χ2v) is 5.49. The first kappa shape index (κ1) is 12.8. The van der Waals surface area contributed by atoms with E-state index in [1.165, 1.54) is 18.3 Å². The summed E-state index contributed by atoms with van der Waals surface area (Å²) in [5.74, 6) is -0.622. The van der Waals surface area contributed by atoms with Crippen molar-refractivity contribution < 1.29 is 14.3 Å². The molecule has 94 valence electrons. The van der Waals surface area contributed by atoms with Crippen molar-refractivity contribution in [1.29, 1.82) is 0 Å². The summed E-state index contributed by atoms with van der Waals surface area (Å²) in [7, 11) is 0. The van der Waals surface area contributed by atoms with Crippen LogP contribution in [0.15, 0.2) is 29.6 Å². The van der Waals surface area contributed by atoms with Crippen LogP contribution in [-0.4, -0.2) is 17.4 Å². The van der Waals surface area contributed by atoms with Gasteiger partial charge in [-0.25, -0.2) is 0 Å². The Labute approximate surface area is 109 Å². The Morgan fingerprint density at radius 1 is 1.22 bits per heavy atom. The predicted octanol–water partition coefficient (Wildman–Crippen LogP) is 3.43. The van der Waals surface area contributed by atoms with Gasteiger partial charge < -0.3 is 4.74 Å². The first-order chi connectivity index (χ1) is 8.42. The molecule has 18 heavy (non-hydrogen) atoms. The van der Waals surface area contributed by atoms with Gasteiger partial charge >= 0.3 is 5.97 Å². The molecule has 1 aromatic carbocycles. The first-order valence-corrected chi connectivity index (χ1v) is 6.50. The van der Waals surface area contributed by atoms with E-state index in [1.54, 1.807) is 13.8 Å². The molecule has 0 atom stereocenters. The minimum absolute atomic E-state index is 0.171. The quantitative estimate of drug-likeness (QED) is 0.628. The number of thiophene rings is 1. The summed E-state index contributed by atoms with van der Waals surface area (Å²) in [5.41, 5.74) is -0.516. The number of benzene rings is 1. The standard InChI is InChI=1S/C14H14O3S/c1-9(15)17-14(2,3)13(16)11-8-18-12-7-5-4-6-10(11)12/h4-8H,1-3H3. The topological polar surface area (TPSA) is 43.4 Å². The van der Waals surface area contributed by atoms with E-state index in [1.807, 2.05) is 29.6 Å². The van der Waals surface area contributed by atoms with Crippen LogP contribution in [0.1, 0.15) is 31.1 Å². The monoisotopic (exact) mass is 262 g/mol. The Morgan fingerprint density at radius 2 is 1.89 bits per heavy atom. The maximum Gasteiger partial charge on any atom is 0.303 e. The van der Waals surface area contributed by atoms with E-state index in [0.29, 0.717) is 5.56 Å². The van der Waals surface area contributed by atoms with Crippen molar-refractivity contribution >= 4 is 33.2 Å². The van der Waals surface area contributed by atoms with E-state index in [-0.39, 0.29) is 5.78 Å². The molecular formula is C14H14O3S. The van der Waals surface area contributed by atoms with E-state index < -0.39 is 11.6 Å². The third kappa shape index (κ3) is 2.29. The van der Waals surface area contributed by atoms with E-state index in [2.05, 4.69) is 0 Å². The third-order valence-electron chi connectivity index (χ3n) is 2.67. The fourth-order valence-electron chi connectivity index (χ4n) is 1.88. The average Bonchev–Trinajstić information content (AvgIpc) is 2.69. The molecule has 0 aliphatic rings. The first-order valence-electron chi connectivity index (χ1n) is 5.62. The fourth-order valence-corrected chi connectivity index (χ4v) is 2.82. The molecule has 0 aliphatic heterocycles. The van der Waals surface area contributed by atoms with Crippen molar-refractivity contribution in [1.82, 2.24) is 0 Å². The number of hydrogen-bond acceptors (Lipinski definition) is 4. The number of ketones is 1. The zero-order valence-electron chi connectivity index (χ0n) is 10.5. The molecule has 0 unspecified atom stereocenters. The van der Waals surface area contributed by atoms with Crippen molar-refractivity contribution in [2.75, 3.05) is 0 Å². The molecule has 1 heterocycles. The zero-order valence-corrected chi connectivity index (χ0v) is 11.3. The van der Waals surface area contributed by atoms with Gasteiger partial charge in [0, 0.05) is 28.0 Å². The van der Waals surface area contributed by atoms with E-state index in [4.69, 9.17) is 4.74 Å². The van der Waals surface area contributed by atoms with Crippen molar-refractivity contribution in [3.05, 3.63) is 35.2 Å². The summed E-state index contributed by atoms with van der Waals surface area (Å²) in [6.45, 7) is 4.53. The van der Waals surface area contributed by atoms with Crippen LogP contribution in [0, 0.1) is 0 Å². The fraction of sp³-hybridized carbons (Fsp3) is 0.286. The number of rotatable bonds is 3. The molecule has 2 aromatic rings. The molecule has 0 bridgehead atoms. The molecule has 0 amide bonds. The van der Waals surface area contributed by atoms with Gasteiger partial charge in [0.1, 0.15) is 0 Å². The van der Waals surface area contributed by atoms with E-state index in [0.717, 1.165) is 10.1 Å².